The van der Waals surface area contributed by atoms with Crippen LogP contribution in [-0.2, 0) is 17.9 Å². The number of aryl methyl sites for hydroxylation is 1. The molecule has 0 atom stereocenters. The Morgan fingerprint density at radius 2 is 1.67 bits per heavy atom. The molecule has 0 spiro atoms. The van der Waals surface area contributed by atoms with E-state index in [1.165, 1.54) is 17.7 Å². The highest BCUT2D eigenvalue weighted by Crippen LogP contribution is 2.18. The topological polar surface area (TPSA) is 50.0 Å². The minimum atomic E-state index is -0.383. The molecule has 0 saturated carbocycles. The van der Waals surface area contributed by atoms with Gasteiger partial charge in [0.15, 0.2) is 0 Å². The molecule has 0 radical (unpaired) electrons. The molecule has 1 saturated heterocycles. The maximum Gasteiger partial charge on any atom is 0.275 e. The molecule has 2 aromatic heterocycles. The van der Waals surface area contributed by atoms with Gasteiger partial charge < -0.3 is 13.9 Å². The summed E-state index contributed by atoms with van der Waals surface area (Å²) in [4.78, 5) is 30.1. The Morgan fingerprint density at radius 3 is 2.45 bits per heavy atom. The first-order valence-electron chi connectivity index (χ1n) is 11.4. The Balaban J connectivity index is 1.21. The third kappa shape index (κ3) is 4.41. The number of amides is 1. The zero-order chi connectivity index (χ0) is 22.8. The number of benzene rings is 2. The lowest BCUT2D eigenvalue weighted by atomic mass is 10.2. The van der Waals surface area contributed by atoms with E-state index >= 15 is 0 Å². The molecule has 1 amide bonds. The maximum absolute atomic E-state index is 13.9. The second-order valence-corrected chi connectivity index (χ2v) is 8.60. The van der Waals surface area contributed by atoms with Crippen LogP contribution in [0, 0.1) is 5.82 Å². The number of fused-ring (bicyclic) bond motifs is 3. The second kappa shape index (κ2) is 9.19. The van der Waals surface area contributed by atoms with Crippen molar-refractivity contribution >= 4 is 22.5 Å². The predicted octanol–water partition coefficient (Wildman–Crippen LogP) is 3.52. The standard InChI is InChI=1S/C26H27FN4O2/c27-21-10-11-22-24(18-21)31(26(33)23-8-4-12-30(22)23)13-5-9-25(32)29-16-14-28(15-17-29)19-20-6-2-1-3-7-20/h1-4,6-8,10-12,18H,5,9,13-17,19H2. The molecule has 0 unspecified atom stereocenters. The van der Waals surface area contributed by atoms with E-state index < -0.39 is 0 Å². The van der Waals surface area contributed by atoms with Crippen LogP contribution in [-0.4, -0.2) is 50.9 Å². The van der Waals surface area contributed by atoms with Crippen LogP contribution in [0.4, 0.5) is 4.39 Å². The number of hydrogen-bond donors (Lipinski definition) is 0. The first kappa shape index (κ1) is 21.4. The van der Waals surface area contributed by atoms with E-state index in [-0.39, 0.29) is 17.3 Å². The van der Waals surface area contributed by atoms with E-state index in [0.717, 1.165) is 38.2 Å². The maximum atomic E-state index is 13.9. The molecule has 5 rings (SSSR count). The van der Waals surface area contributed by atoms with E-state index in [2.05, 4.69) is 17.0 Å². The first-order valence-corrected chi connectivity index (χ1v) is 11.4. The van der Waals surface area contributed by atoms with E-state index in [1.54, 1.807) is 21.1 Å². The molecule has 33 heavy (non-hydrogen) atoms. The zero-order valence-corrected chi connectivity index (χ0v) is 18.5. The van der Waals surface area contributed by atoms with Crippen molar-refractivity contribution in [3.8, 4) is 0 Å². The number of halogens is 1. The molecule has 170 valence electrons. The molecule has 6 nitrogen and oxygen atoms in total. The summed E-state index contributed by atoms with van der Waals surface area (Å²) < 4.78 is 17.3. The number of nitrogens with zero attached hydrogens (tertiary/aromatic N) is 4. The van der Waals surface area contributed by atoms with Gasteiger partial charge >= 0.3 is 0 Å². The van der Waals surface area contributed by atoms with Crippen molar-refractivity contribution in [2.45, 2.75) is 25.9 Å². The fraction of sp³-hybridized carbons (Fsp3) is 0.308. The van der Waals surface area contributed by atoms with Crippen LogP contribution in [0.25, 0.3) is 16.6 Å². The minimum Gasteiger partial charge on any atom is -0.340 e. The number of rotatable bonds is 6. The fourth-order valence-corrected chi connectivity index (χ4v) is 4.69. The summed E-state index contributed by atoms with van der Waals surface area (Å²) in [6, 6.07) is 18.4. The van der Waals surface area contributed by atoms with Crippen LogP contribution in [0.2, 0.25) is 0 Å². The summed E-state index contributed by atoms with van der Waals surface area (Å²) >= 11 is 0. The van der Waals surface area contributed by atoms with Crippen LogP contribution in [0.3, 0.4) is 0 Å². The van der Waals surface area contributed by atoms with Crippen LogP contribution in [0.1, 0.15) is 18.4 Å². The smallest absolute Gasteiger partial charge is 0.275 e. The summed E-state index contributed by atoms with van der Waals surface area (Å²) in [6.45, 7) is 4.42. The average molecular weight is 447 g/mol. The minimum absolute atomic E-state index is 0.113. The van der Waals surface area contributed by atoms with Crippen molar-refractivity contribution in [3.63, 3.8) is 0 Å². The van der Waals surface area contributed by atoms with Gasteiger partial charge in [-0.25, -0.2) is 4.39 Å². The predicted molar refractivity (Wildman–Crippen MR) is 127 cm³/mol. The first-order chi connectivity index (χ1) is 16.1. The Morgan fingerprint density at radius 1 is 0.879 bits per heavy atom. The van der Waals surface area contributed by atoms with Gasteiger partial charge in [-0.2, -0.15) is 0 Å². The van der Waals surface area contributed by atoms with E-state index in [9.17, 15) is 14.0 Å². The van der Waals surface area contributed by atoms with Crippen LogP contribution >= 0.6 is 0 Å². The van der Waals surface area contributed by atoms with Gasteiger partial charge in [-0.05, 0) is 42.3 Å². The summed E-state index contributed by atoms with van der Waals surface area (Å²) in [5.41, 5.74) is 2.99. The molecule has 0 aliphatic carbocycles. The third-order valence-corrected chi connectivity index (χ3v) is 6.45. The highest BCUT2D eigenvalue weighted by molar-refractivity contribution is 5.79. The van der Waals surface area contributed by atoms with Crippen LogP contribution in [0.15, 0.2) is 71.7 Å². The average Bonchev–Trinajstić information content (AvgIpc) is 3.32. The Labute approximate surface area is 191 Å². The molecule has 7 heteroatoms. The fourth-order valence-electron chi connectivity index (χ4n) is 4.69. The molecular weight excluding hydrogens is 419 g/mol. The summed E-state index contributed by atoms with van der Waals surface area (Å²) in [6.07, 6.45) is 2.71. The monoisotopic (exact) mass is 446 g/mol. The van der Waals surface area contributed by atoms with Crippen LogP contribution < -0.4 is 5.56 Å². The van der Waals surface area contributed by atoms with Crippen molar-refractivity contribution in [2.75, 3.05) is 26.2 Å². The highest BCUT2D eigenvalue weighted by Gasteiger charge is 2.21. The van der Waals surface area contributed by atoms with E-state index in [1.807, 2.05) is 35.4 Å². The van der Waals surface area contributed by atoms with Gasteiger partial charge in [0.05, 0.1) is 11.0 Å². The van der Waals surface area contributed by atoms with Crippen molar-refractivity contribution in [1.82, 2.24) is 18.8 Å². The van der Waals surface area contributed by atoms with Crippen LogP contribution in [0.5, 0.6) is 0 Å². The Bertz CT molecular complexity index is 1340. The second-order valence-electron chi connectivity index (χ2n) is 8.60. The number of piperazine rings is 1. The zero-order valence-electron chi connectivity index (χ0n) is 18.5. The number of hydrogen-bond acceptors (Lipinski definition) is 3. The Kier molecular flexibility index (Phi) is 5.96. The van der Waals surface area contributed by atoms with Gasteiger partial charge in [-0.15, -0.1) is 0 Å². The molecule has 2 aromatic carbocycles. The van der Waals surface area contributed by atoms with Gasteiger partial charge in [0.1, 0.15) is 11.3 Å². The molecule has 1 fully saturated rings. The highest BCUT2D eigenvalue weighted by atomic mass is 19.1. The molecule has 4 aromatic rings. The summed E-state index contributed by atoms with van der Waals surface area (Å²) in [5, 5.41) is 0. The number of aromatic nitrogens is 2. The van der Waals surface area contributed by atoms with Gasteiger partial charge in [0.25, 0.3) is 5.56 Å². The number of carbonyl (C=O) groups is 1. The van der Waals surface area contributed by atoms with Gasteiger partial charge in [0, 0.05) is 51.9 Å². The van der Waals surface area contributed by atoms with Gasteiger partial charge in [-0.1, -0.05) is 30.3 Å². The van der Waals surface area contributed by atoms with Gasteiger partial charge in [-0.3, -0.25) is 14.5 Å². The molecule has 1 aliphatic rings. The third-order valence-electron chi connectivity index (χ3n) is 6.45. The lowest BCUT2D eigenvalue weighted by Crippen LogP contribution is -2.48. The lowest BCUT2D eigenvalue weighted by Gasteiger charge is -2.34. The largest absolute Gasteiger partial charge is 0.340 e. The number of carbonyl (C=O) groups excluding carboxylic acids is 1. The van der Waals surface area contributed by atoms with E-state index in [0.29, 0.717) is 30.4 Å². The Hall–Kier alpha value is -3.45. The summed E-state index contributed by atoms with van der Waals surface area (Å²) in [5.74, 6) is -0.270. The summed E-state index contributed by atoms with van der Waals surface area (Å²) in [7, 11) is 0. The van der Waals surface area contributed by atoms with Crippen molar-refractivity contribution in [3.05, 3.63) is 88.6 Å². The molecule has 3 heterocycles. The van der Waals surface area contributed by atoms with Gasteiger partial charge in [0.2, 0.25) is 5.91 Å². The molecule has 0 N–H and O–H groups in total. The van der Waals surface area contributed by atoms with Crippen molar-refractivity contribution in [1.29, 1.82) is 0 Å². The normalized spacial score (nSPS) is 14.9. The van der Waals surface area contributed by atoms with E-state index in [4.69, 9.17) is 0 Å². The molecule has 1 aliphatic heterocycles. The molecule has 0 bridgehead atoms. The quantitative estimate of drug-likeness (QED) is 0.455. The van der Waals surface area contributed by atoms with Crippen molar-refractivity contribution < 1.29 is 9.18 Å². The lowest BCUT2D eigenvalue weighted by molar-refractivity contribution is -0.133. The van der Waals surface area contributed by atoms with Crippen molar-refractivity contribution in [2.24, 2.45) is 0 Å². The molecular formula is C26H27FN4O2. The SMILES string of the molecule is O=C(CCCn1c(=O)c2cccn2c2ccc(F)cc21)N1CCN(Cc2ccccc2)CC1.